The summed E-state index contributed by atoms with van der Waals surface area (Å²) in [5.41, 5.74) is 4.63. The highest BCUT2D eigenvalue weighted by Crippen LogP contribution is 2.30. The lowest BCUT2D eigenvalue weighted by atomic mass is 10.0. The Kier molecular flexibility index (Phi) is 5.98. The molecule has 4 aromatic rings. The first-order valence-electron chi connectivity index (χ1n) is 11.7. The number of rotatable bonds is 4. The molecule has 4 heterocycles. The van der Waals surface area contributed by atoms with Crippen molar-refractivity contribution in [3.05, 3.63) is 94.2 Å². The number of imidazole rings is 1. The van der Waals surface area contributed by atoms with Crippen LogP contribution in [0.15, 0.2) is 72.9 Å². The van der Waals surface area contributed by atoms with Gasteiger partial charge in [-0.1, -0.05) is 47.5 Å². The Labute approximate surface area is 213 Å². The first-order valence-corrected chi connectivity index (χ1v) is 12.4. The molecule has 2 bridgehead atoms. The van der Waals surface area contributed by atoms with Crippen LogP contribution in [0.4, 0.5) is 0 Å². The summed E-state index contributed by atoms with van der Waals surface area (Å²) < 4.78 is 8.01. The molecule has 8 heteroatoms. The number of hydrogen-bond acceptors (Lipinski definition) is 4. The molecule has 35 heavy (non-hydrogen) atoms. The molecule has 0 saturated carbocycles. The SMILES string of the molecule is O=C(c1cccc(Cl)c1)N1C2COCC1CN(Cc1c(-c3ccc(Cl)cc3)nc3ccccn13)C2. The highest BCUT2D eigenvalue weighted by Gasteiger charge is 2.41. The number of aromatic nitrogens is 2. The number of fused-ring (bicyclic) bond motifs is 3. The van der Waals surface area contributed by atoms with E-state index in [2.05, 4.69) is 15.5 Å². The summed E-state index contributed by atoms with van der Waals surface area (Å²) in [5.74, 6) is 0.0158. The van der Waals surface area contributed by atoms with Gasteiger partial charge in [0.2, 0.25) is 0 Å². The Morgan fingerprint density at radius 3 is 2.46 bits per heavy atom. The van der Waals surface area contributed by atoms with E-state index in [9.17, 15) is 4.79 Å². The van der Waals surface area contributed by atoms with Crippen LogP contribution in [0.3, 0.4) is 0 Å². The van der Waals surface area contributed by atoms with Gasteiger partial charge in [0.15, 0.2) is 0 Å². The van der Waals surface area contributed by atoms with Crippen LogP contribution in [0.5, 0.6) is 0 Å². The molecule has 2 aromatic heterocycles. The first-order chi connectivity index (χ1) is 17.1. The van der Waals surface area contributed by atoms with Gasteiger partial charge in [-0.2, -0.15) is 0 Å². The summed E-state index contributed by atoms with van der Waals surface area (Å²) in [6.45, 7) is 3.22. The lowest BCUT2D eigenvalue weighted by molar-refractivity contribution is -0.0816. The number of halogens is 2. The first kappa shape index (κ1) is 22.6. The number of carbonyl (C=O) groups is 1. The standard InChI is InChI=1S/C27H24Cl2N4O2/c28-20-9-7-18(8-10-20)26-24(32-11-2-1-6-25(32)30-26)15-31-13-22-16-35-17-23(14-31)33(22)27(34)19-4-3-5-21(29)12-19/h1-12,22-23H,13-17H2. The minimum Gasteiger partial charge on any atom is -0.377 e. The summed E-state index contributed by atoms with van der Waals surface area (Å²) in [6.07, 6.45) is 2.06. The maximum Gasteiger partial charge on any atom is 0.254 e. The summed E-state index contributed by atoms with van der Waals surface area (Å²) in [7, 11) is 0. The van der Waals surface area contributed by atoms with Crippen molar-refractivity contribution >= 4 is 34.8 Å². The smallest absolute Gasteiger partial charge is 0.254 e. The van der Waals surface area contributed by atoms with E-state index in [1.807, 2.05) is 59.5 Å². The number of piperazine rings is 1. The van der Waals surface area contributed by atoms with Gasteiger partial charge in [0, 0.05) is 47.0 Å². The summed E-state index contributed by atoms with van der Waals surface area (Å²) in [5, 5.41) is 1.27. The third-order valence-corrected chi connectivity index (χ3v) is 7.26. The van der Waals surface area contributed by atoms with Crippen molar-refractivity contribution in [2.75, 3.05) is 26.3 Å². The zero-order chi connectivity index (χ0) is 23.9. The molecule has 2 saturated heterocycles. The lowest BCUT2D eigenvalue weighted by Gasteiger charge is -2.49. The minimum absolute atomic E-state index is 0.0158. The van der Waals surface area contributed by atoms with Crippen molar-refractivity contribution in [3.8, 4) is 11.3 Å². The fraction of sp³-hybridized carbons (Fsp3) is 0.259. The van der Waals surface area contributed by atoms with E-state index >= 15 is 0 Å². The van der Waals surface area contributed by atoms with E-state index in [0.29, 0.717) is 28.8 Å². The normalized spacial score (nSPS) is 20.3. The fourth-order valence-corrected chi connectivity index (χ4v) is 5.55. The molecule has 2 unspecified atom stereocenters. The van der Waals surface area contributed by atoms with Crippen LogP contribution < -0.4 is 0 Å². The topological polar surface area (TPSA) is 50.1 Å². The number of pyridine rings is 1. The van der Waals surface area contributed by atoms with Gasteiger partial charge in [0.05, 0.1) is 36.7 Å². The molecule has 1 amide bonds. The molecule has 6 rings (SSSR count). The summed E-state index contributed by atoms with van der Waals surface area (Å²) in [4.78, 5) is 22.7. The number of morpholine rings is 1. The predicted molar refractivity (Wildman–Crippen MR) is 137 cm³/mol. The van der Waals surface area contributed by atoms with Gasteiger partial charge in [-0.15, -0.1) is 0 Å². The van der Waals surface area contributed by atoms with Crippen LogP contribution in [0.25, 0.3) is 16.9 Å². The molecule has 2 aromatic carbocycles. The second-order valence-corrected chi connectivity index (χ2v) is 9.98. The van der Waals surface area contributed by atoms with E-state index in [1.54, 1.807) is 12.1 Å². The molecule has 0 radical (unpaired) electrons. The van der Waals surface area contributed by atoms with Gasteiger partial charge >= 0.3 is 0 Å². The van der Waals surface area contributed by atoms with Crippen LogP contribution in [-0.2, 0) is 11.3 Å². The largest absolute Gasteiger partial charge is 0.377 e. The van der Waals surface area contributed by atoms with Gasteiger partial charge in [-0.05, 0) is 42.5 Å². The Morgan fingerprint density at radius 1 is 0.943 bits per heavy atom. The fourth-order valence-electron chi connectivity index (χ4n) is 5.23. The third kappa shape index (κ3) is 4.32. The minimum atomic E-state index is -0.0212. The van der Waals surface area contributed by atoms with E-state index < -0.39 is 0 Å². The van der Waals surface area contributed by atoms with Crippen LogP contribution in [0, 0.1) is 0 Å². The van der Waals surface area contributed by atoms with Crippen molar-refractivity contribution in [2.24, 2.45) is 0 Å². The molecular formula is C27H24Cl2N4O2. The van der Waals surface area contributed by atoms with E-state index in [-0.39, 0.29) is 18.0 Å². The average Bonchev–Trinajstić information content (AvgIpc) is 3.22. The van der Waals surface area contributed by atoms with Gasteiger partial charge in [0.1, 0.15) is 5.65 Å². The van der Waals surface area contributed by atoms with Crippen molar-refractivity contribution in [1.82, 2.24) is 19.2 Å². The van der Waals surface area contributed by atoms with Crippen LogP contribution in [0.2, 0.25) is 10.0 Å². The molecular weight excluding hydrogens is 483 g/mol. The van der Waals surface area contributed by atoms with E-state index in [0.717, 1.165) is 42.2 Å². The van der Waals surface area contributed by atoms with Crippen molar-refractivity contribution in [3.63, 3.8) is 0 Å². The van der Waals surface area contributed by atoms with E-state index in [1.165, 1.54) is 0 Å². The summed E-state index contributed by atoms with van der Waals surface area (Å²) in [6, 6.07) is 21.0. The van der Waals surface area contributed by atoms with E-state index in [4.69, 9.17) is 32.9 Å². The quantitative estimate of drug-likeness (QED) is 0.389. The molecule has 0 N–H and O–H groups in total. The number of amides is 1. The van der Waals surface area contributed by atoms with Crippen LogP contribution in [-0.4, -0.2) is 63.5 Å². The summed E-state index contributed by atoms with van der Waals surface area (Å²) >= 11 is 12.3. The van der Waals surface area contributed by atoms with Crippen LogP contribution in [0.1, 0.15) is 16.1 Å². The molecule has 2 aliphatic rings. The molecule has 0 aliphatic carbocycles. The Balaban J connectivity index is 1.30. The Bertz CT molecular complexity index is 1370. The zero-order valence-electron chi connectivity index (χ0n) is 19.0. The Hall–Kier alpha value is -2.90. The molecule has 6 nitrogen and oxygen atoms in total. The molecule has 2 fully saturated rings. The van der Waals surface area contributed by atoms with Gasteiger partial charge in [0.25, 0.3) is 5.91 Å². The molecule has 2 aliphatic heterocycles. The maximum absolute atomic E-state index is 13.4. The molecule has 178 valence electrons. The second-order valence-electron chi connectivity index (χ2n) is 9.10. The maximum atomic E-state index is 13.4. The van der Waals surface area contributed by atoms with Crippen molar-refractivity contribution in [2.45, 2.75) is 18.6 Å². The molecule has 2 atom stereocenters. The lowest BCUT2D eigenvalue weighted by Crippen LogP contribution is -2.65. The van der Waals surface area contributed by atoms with Crippen molar-refractivity contribution in [1.29, 1.82) is 0 Å². The number of ether oxygens (including phenoxy) is 1. The number of hydrogen-bond donors (Lipinski definition) is 0. The number of benzene rings is 2. The van der Waals surface area contributed by atoms with Gasteiger partial charge in [-0.25, -0.2) is 4.98 Å². The highest BCUT2D eigenvalue weighted by atomic mass is 35.5. The second kappa shape index (κ2) is 9.28. The third-order valence-electron chi connectivity index (χ3n) is 6.77. The van der Waals surface area contributed by atoms with Crippen molar-refractivity contribution < 1.29 is 9.53 Å². The average molecular weight is 507 g/mol. The number of nitrogens with zero attached hydrogens (tertiary/aromatic N) is 4. The number of carbonyl (C=O) groups excluding carboxylic acids is 1. The zero-order valence-corrected chi connectivity index (χ0v) is 20.5. The monoisotopic (exact) mass is 506 g/mol. The van der Waals surface area contributed by atoms with Crippen LogP contribution >= 0.6 is 23.2 Å². The Morgan fingerprint density at radius 2 is 1.71 bits per heavy atom. The van der Waals surface area contributed by atoms with Gasteiger partial charge < -0.3 is 14.0 Å². The van der Waals surface area contributed by atoms with Gasteiger partial charge in [-0.3, -0.25) is 9.69 Å². The predicted octanol–water partition coefficient (Wildman–Crippen LogP) is 5.03. The highest BCUT2D eigenvalue weighted by molar-refractivity contribution is 6.31. The molecule has 0 spiro atoms.